The van der Waals surface area contributed by atoms with Gasteiger partial charge in [0.2, 0.25) is 0 Å². The fourth-order valence-electron chi connectivity index (χ4n) is 5.65. The van der Waals surface area contributed by atoms with Crippen molar-refractivity contribution in [3.05, 3.63) is 83.9 Å². The van der Waals surface area contributed by atoms with Crippen LogP contribution in [0.3, 0.4) is 0 Å². The first-order valence-corrected chi connectivity index (χ1v) is 15.7. The van der Waals surface area contributed by atoms with E-state index in [1.807, 2.05) is 48.5 Å². The highest BCUT2D eigenvalue weighted by atomic mass is 16.5. The smallest absolute Gasteiger partial charge is 0.343 e. The largest absolute Gasteiger partial charge is 0.493 e. The summed E-state index contributed by atoms with van der Waals surface area (Å²) in [7, 11) is 0. The molecular weight excluding hydrogens is 492 g/mol. The maximum absolute atomic E-state index is 12.7. The normalized spacial score (nSPS) is 17.8. The Hall–Kier alpha value is -3.07. The maximum Gasteiger partial charge on any atom is 0.343 e. The molecule has 1 aliphatic rings. The third-order valence-electron chi connectivity index (χ3n) is 8.70. The molecule has 214 valence electrons. The van der Waals surface area contributed by atoms with Crippen molar-refractivity contribution in [1.29, 1.82) is 0 Å². The fourth-order valence-corrected chi connectivity index (χ4v) is 5.65. The van der Waals surface area contributed by atoms with Crippen molar-refractivity contribution in [3.63, 3.8) is 0 Å². The van der Waals surface area contributed by atoms with E-state index in [-0.39, 0.29) is 5.97 Å². The molecule has 40 heavy (non-hydrogen) atoms. The molecule has 0 heterocycles. The van der Waals surface area contributed by atoms with Crippen molar-refractivity contribution in [2.45, 2.75) is 91.4 Å². The quantitative estimate of drug-likeness (QED) is 0.116. The van der Waals surface area contributed by atoms with Gasteiger partial charge in [0.15, 0.2) is 0 Å². The molecule has 3 aromatic carbocycles. The first kappa shape index (κ1) is 29.9. The van der Waals surface area contributed by atoms with Crippen LogP contribution >= 0.6 is 0 Å². The number of benzene rings is 3. The summed E-state index contributed by atoms with van der Waals surface area (Å²) in [5.74, 6) is 3.53. The number of ether oxygens (including phenoxy) is 2. The van der Waals surface area contributed by atoms with E-state index in [4.69, 9.17) is 9.47 Å². The number of carbonyl (C=O) groups excluding carboxylic acids is 1. The zero-order chi connectivity index (χ0) is 28.2. The summed E-state index contributed by atoms with van der Waals surface area (Å²) in [6.07, 6.45) is 14.7. The Balaban J connectivity index is 1.21. The Kier molecular flexibility index (Phi) is 11.7. The molecule has 1 atom stereocenters. The molecule has 0 bridgehead atoms. The molecule has 0 aromatic heterocycles. The van der Waals surface area contributed by atoms with Gasteiger partial charge in [-0.3, -0.25) is 0 Å². The van der Waals surface area contributed by atoms with Crippen molar-refractivity contribution in [1.82, 2.24) is 0 Å². The van der Waals surface area contributed by atoms with E-state index in [1.165, 1.54) is 63.4 Å². The molecule has 0 aliphatic heterocycles. The molecule has 0 spiro atoms. The summed E-state index contributed by atoms with van der Waals surface area (Å²) in [5, 5.41) is 0. The molecule has 0 radical (unpaired) electrons. The molecule has 3 nitrogen and oxygen atoms in total. The monoisotopic (exact) mass is 540 g/mol. The van der Waals surface area contributed by atoms with Gasteiger partial charge in [-0.05, 0) is 83.7 Å². The summed E-state index contributed by atoms with van der Waals surface area (Å²) in [4.78, 5) is 12.7. The Morgan fingerprint density at radius 3 is 1.93 bits per heavy atom. The first-order valence-electron chi connectivity index (χ1n) is 15.7. The summed E-state index contributed by atoms with van der Waals surface area (Å²) in [6, 6.07) is 23.8. The lowest BCUT2D eigenvalue weighted by Gasteiger charge is -2.28. The number of unbranched alkanes of at least 4 members (excludes halogenated alkanes) is 2. The average molecular weight is 541 g/mol. The molecule has 1 fully saturated rings. The van der Waals surface area contributed by atoms with Gasteiger partial charge in [-0.25, -0.2) is 4.79 Å². The molecular formula is C37H48O3. The summed E-state index contributed by atoms with van der Waals surface area (Å²) in [6.45, 7) is 7.39. The van der Waals surface area contributed by atoms with Crippen LogP contribution in [0.25, 0.3) is 11.1 Å². The van der Waals surface area contributed by atoms with Crippen LogP contribution in [0.5, 0.6) is 11.5 Å². The van der Waals surface area contributed by atoms with Crippen LogP contribution in [0, 0.1) is 17.8 Å². The van der Waals surface area contributed by atoms with Gasteiger partial charge in [0.1, 0.15) is 11.5 Å². The molecule has 0 N–H and O–H groups in total. The zero-order valence-electron chi connectivity index (χ0n) is 24.9. The number of aryl methyl sites for hydroxylation is 1. The standard InChI is InChI=1S/C37H48O3/c1-4-6-7-8-29-9-11-30(12-10-29)13-14-31-15-23-36(24-16-31)40-37(38)34-19-17-32(18-20-34)33-21-25-35(26-22-33)39-27-28(3)5-2/h15-26,28-30H,4-14,27H2,1-3H3/t28-,29-,30-/m0/s1. The second-order valence-electron chi connectivity index (χ2n) is 11.9. The van der Waals surface area contributed by atoms with Crippen molar-refractivity contribution in [2.75, 3.05) is 6.61 Å². The van der Waals surface area contributed by atoms with Crippen molar-refractivity contribution in [2.24, 2.45) is 17.8 Å². The highest BCUT2D eigenvalue weighted by molar-refractivity contribution is 5.91. The average Bonchev–Trinajstić information content (AvgIpc) is 3.00. The van der Waals surface area contributed by atoms with Crippen molar-refractivity contribution < 1.29 is 14.3 Å². The molecule has 4 rings (SSSR count). The van der Waals surface area contributed by atoms with Gasteiger partial charge in [0.05, 0.1) is 12.2 Å². The Labute approximate surface area is 242 Å². The van der Waals surface area contributed by atoms with Crippen LogP contribution in [0.1, 0.15) is 101 Å². The molecule has 3 aromatic rings. The highest BCUT2D eigenvalue weighted by Crippen LogP contribution is 2.34. The van der Waals surface area contributed by atoms with Crippen molar-refractivity contribution in [3.8, 4) is 22.6 Å². The minimum atomic E-state index is -0.330. The van der Waals surface area contributed by atoms with E-state index >= 15 is 0 Å². The predicted molar refractivity (Wildman–Crippen MR) is 166 cm³/mol. The van der Waals surface area contributed by atoms with Crippen LogP contribution in [-0.4, -0.2) is 12.6 Å². The minimum Gasteiger partial charge on any atom is -0.493 e. The lowest BCUT2D eigenvalue weighted by atomic mass is 9.78. The number of rotatable bonds is 14. The lowest BCUT2D eigenvalue weighted by molar-refractivity contribution is 0.0734. The second-order valence-corrected chi connectivity index (χ2v) is 11.9. The maximum atomic E-state index is 12.7. The molecule has 3 heteroatoms. The molecule has 0 saturated heterocycles. The van der Waals surface area contributed by atoms with Crippen LogP contribution < -0.4 is 9.47 Å². The van der Waals surface area contributed by atoms with Gasteiger partial charge in [0.25, 0.3) is 0 Å². The third-order valence-corrected chi connectivity index (χ3v) is 8.70. The molecule has 0 unspecified atom stereocenters. The van der Waals surface area contributed by atoms with E-state index < -0.39 is 0 Å². The Morgan fingerprint density at radius 2 is 1.32 bits per heavy atom. The van der Waals surface area contributed by atoms with Gasteiger partial charge >= 0.3 is 5.97 Å². The van der Waals surface area contributed by atoms with Crippen LogP contribution in [0.4, 0.5) is 0 Å². The topological polar surface area (TPSA) is 35.5 Å². The number of carbonyl (C=O) groups is 1. The summed E-state index contributed by atoms with van der Waals surface area (Å²) in [5.41, 5.74) is 4.02. The van der Waals surface area contributed by atoms with Gasteiger partial charge in [-0.2, -0.15) is 0 Å². The van der Waals surface area contributed by atoms with E-state index in [0.29, 0.717) is 17.2 Å². The summed E-state index contributed by atoms with van der Waals surface area (Å²) < 4.78 is 11.5. The van der Waals surface area contributed by atoms with E-state index in [0.717, 1.165) is 48.2 Å². The third kappa shape index (κ3) is 9.25. The molecule has 0 amide bonds. The van der Waals surface area contributed by atoms with Crippen LogP contribution in [0.15, 0.2) is 72.8 Å². The highest BCUT2D eigenvalue weighted by Gasteiger charge is 2.20. The van der Waals surface area contributed by atoms with E-state index in [1.54, 1.807) is 0 Å². The van der Waals surface area contributed by atoms with Crippen LogP contribution in [0.2, 0.25) is 0 Å². The van der Waals surface area contributed by atoms with Gasteiger partial charge in [-0.15, -0.1) is 0 Å². The van der Waals surface area contributed by atoms with E-state index in [2.05, 4.69) is 45.0 Å². The zero-order valence-corrected chi connectivity index (χ0v) is 24.9. The molecule has 1 aliphatic carbocycles. The second kappa shape index (κ2) is 15.6. The number of esters is 1. The van der Waals surface area contributed by atoms with Crippen molar-refractivity contribution >= 4 is 5.97 Å². The van der Waals surface area contributed by atoms with Gasteiger partial charge < -0.3 is 9.47 Å². The number of hydrogen-bond acceptors (Lipinski definition) is 3. The van der Waals surface area contributed by atoms with Crippen LogP contribution in [-0.2, 0) is 6.42 Å². The summed E-state index contributed by atoms with van der Waals surface area (Å²) >= 11 is 0. The predicted octanol–water partition coefficient (Wildman–Crippen LogP) is 10.3. The molecule has 1 saturated carbocycles. The van der Waals surface area contributed by atoms with Gasteiger partial charge in [0, 0.05) is 0 Å². The lowest BCUT2D eigenvalue weighted by Crippen LogP contribution is -2.15. The Bertz CT molecular complexity index is 1140. The Morgan fingerprint density at radius 1 is 0.750 bits per heavy atom. The van der Waals surface area contributed by atoms with Gasteiger partial charge in [-0.1, -0.05) is 115 Å². The van der Waals surface area contributed by atoms with E-state index in [9.17, 15) is 4.79 Å². The fraction of sp³-hybridized carbons (Fsp3) is 0.486. The minimum absolute atomic E-state index is 0.330. The number of hydrogen-bond donors (Lipinski definition) is 0. The first-order chi connectivity index (χ1) is 19.5. The SMILES string of the molecule is CCCCC[C@H]1CC[C@H](CCc2ccc(OC(=O)c3ccc(-c4ccc(OC[C@@H](C)CC)cc4)cc3)cc2)CC1.